The topological polar surface area (TPSA) is 121 Å². The Morgan fingerprint density at radius 1 is 1.17 bits per heavy atom. The number of nitrogens with zero attached hydrogens (tertiary/aromatic N) is 2. The minimum absolute atomic E-state index is 0.0857. The van der Waals surface area contributed by atoms with Crippen LogP contribution in [-0.2, 0) is 23.9 Å². The number of phenols is 1. The third-order valence-corrected chi connectivity index (χ3v) is 9.49. The van der Waals surface area contributed by atoms with Crippen molar-refractivity contribution in [2.75, 3.05) is 12.6 Å². The number of carbonyl (C=O) groups excluding carboxylic acids is 5. The highest BCUT2D eigenvalue weighted by Crippen LogP contribution is 2.65. The molecule has 1 saturated carbocycles. The number of fused-ring (bicyclic) bond motifs is 4. The maximum absolute atomic E-state index is 13.6. The molecule has 2 saturated heterocycles. The lowest BCUT2D eigenvalue weighted by molar-refractivity contribution is -0.140. The molecule has 5 rings (SSSR count). The van der Waals surface area contributed by atoms with Crippen molar-refractivity contribution in [3.05, 3.63) is 41.5 Å². The molecule has 1 aromatic rings. The van der Waals surface area contributed by atoms with E-state index in [9.17, 15) is 29.1 Å². The average Bonchev–Trinajstić information content (AvgIpc) is 3.16. The number of rotatable bonds is 2. The Morgan fingerprint density at radius 3 is 2.51 bits per heavy atom. The van der Waals surface area contributed by atoms with E-state index in [0.717, 1.165) is 12.0 Å². The van der Waals surface area contributed by atoms with Crippen molar-refractivity contribution in [2.45, 2.75) is 28.5 Å². The number of benzene rings is 1. The van der Waals surface area contributed by atoms with E-state index in [2.05, 4.69) is 20.7 Å². The summed E-state index contributed by atoms with van der Waals surface area (Å²) in [7, 11) is 1.07. The Hall–Kier alpha value is -2.43. The second kappa shape index (κ2) is 8.04. The lowest BCUT2D eigenvalue weighted by atomic mass is 9.56. The fourth-order valence-electron chi connectivity index (χ4n) is 6.10. The van der Waals surface area contributed by atoms with Gasteiger partial charge in [-0.2, -0.15) is 4.90 Å². The third-order valence-electron chi connectivity index (χ3n) is 7.58. The number of halogens is 3. The summed E-state index contributed by atoms with van der Waals surface area (Å²) in [6.07, 6.45) is 0.585. The van der Waals surface area contributed by atoms with E-state index in [4.69, 9.17) is 23.2 Å². The van der Waals surface area contributed by atoms with Gasteiger partial charge in [-0.1, -0.05) is 39.7 Å². The van der Waals surface area contributed by atoms with Gasteiger partial charge in [-0.05, 0) is 36.5 Å². The van der Waals surface area contributed by atoms with Gasteiger partial charge in [0.15, 0.2) is 9.75 Å². The number of ether oxygens (including phenoxy) is 1. The zero-order valence-corrected chi connectivity index (χ0v) is 21.3. The number of hydrogen-bond donors (Lipinski definition) is 1. The van der Waals surface area contributed by atoms with E-state index in [1.165, 1.54) is 12.1 Å². The highest BCUT2D eigenvalue weighted by molar-refractivity contribution is 9.09. The van der Waals surface area contributed by atoms with Gasteiger partial charge in [0, 0.05) is 5.92 Å². The van der Waals surface area contributed by atoms with Crippen molar-refractivity contribution in [1.82, 2.24) is 9.80 Å². The number of phenolic OH excluding ortho intramolecular Hbond substituents is 1. The first-order valence-electron chi connectivity index (χ1n) is 10.8. The van der Waals surface area contributed by atoms with Crippen LogP contribution in [0, 0.1) is 17.8 Å². The van der Waals surface area contributed by atoms with Crippen molar-refractivity contribution in [1.29, 1.82) is 0 Å². The first-order valence-corrected chi connectivity index (χ1v) is 12.7. The van der Waals surface area contributed by atoms with E-state index < -0.39 is 63.1 Å². The van der Waals surface area contributed by atoms with Crippen molar-refractivity contribution >= 4 is 68.9 Å². The van der Waals surface area contributed by atoms with Gasteiger partial charge < -0.3 is 9.84 Å². The summed E-state index contributed by atoms with van der Waals surface area (Å²) in [6, 6.07) is 6.10. The minimum Gasteiger partial charge on any atom is -0.508 e. The molecule has 35 heavy (non-hydrogen) atoms. The normalized spacial score (nSPS) is 36.1. The number of hydrogen-bond acceptors (Lipinski definition) is 7. The standard InChI is InChI=1S/C23H19BrCl2N2O7/c1-35-21(34)28-17(30)13-6-5-12-14(15(13)18(28)31)8-22(25)19(32)27(9-24)20(33)23(22,26)16(12)10-3-2-4-11(29)7-10/h2-5,7,13-16,29H,6,8-9H2,1H3. The van der Waals surface area contributed by atoms with E-state index in [-0.39, 0.29) is 24.0 Å². The Balaban J connectivity index is 1.72. The average molecular weight is 586 g/mol. The molecule has 2 heterocycles. The summed E-state index contributed by atoms with van der Waals surface area (Å²) in [5.74, 6) is -6.50. The number of amides is 5. The zero-order chi connectivity index (χ0) is 25.4. The molecule has 6 atom stereocenters. The Morgan fingerprint density at radius 2 is 1.89 bits per heavy atom. The number of aromatic hydroxyl groups is 1. The van der Waals surface area contributed by atoms with Crippen LogP contribution in [0.15, 0.2) is 35.9 Å². The fraction of sp³-hybridized carbons (Fsp3) is 0.435. The van der Waals surface area contributed by atoms with Crippen molar-refractivity contribution < 1.29 is 33.8 Å². The highest BCUT2D eigenvalue weighted by atomic mass is 79.9. The molecule has 4 aliphatic rings. The quantitative estimate of drug-likeness (QED) is 0.245. The van der Waals surface area contributed by atoms with Crippen LogP contribution in [0.2, 0.25) is 0 Å². The summed E-state index contributed by atoms with van der Waals surface area (Å²) in [5.41, 5.74) is 0.857. The molecule has 5 amide bonds. The molecule has 0 radical (unpaired) electrons. The predicted octanol–water partition coefficient (Wildman–Crippen LogP) is 2.87. The van der Waals surface area contributed by atoms with Gasteiger partial charge in [-0.15, -0.1) is 23.2 Å². The summed E-state index contributed by atoms with van der Waals surface area (Å²) in [5, 5.41) is 10.2. The van der Waals surface area contributed by atoms with Gasteiger partial charge in [0.1, 0.15) is 5.75 Å². The number of imide groups is 4. The number of carbonyl (C=O) groups is 5. The molecule has 1 N–H and O–H groups in total. The molecule has 12 heteroatoms. The lowest BCUT2D eigenvalue weighted by Crippen LogP contribution is -2.60. The van der Waals surface area contributed by atoms with Crippen molar-refractivity contribution in [3.8, 4) is 5.75 Å². The van der Waals surface area contributed by atoms with E-state index >= 15 is 0 Å². The maximum atomic E-state index is 13.6. The molecule has 1 aromatic carbocycles. The molecular weight excluding hydrogens is 567 g/mol. The van der Waals surface area contributed by atoms with E-state index in [1.807, 2.05) is 0 Å². The SMILES string of the molecule is COC(=O)N1C(=O)C2CC=C3C(CC4(Cl)C(=O)N(CBr)C(=O)C4(Cl)C3c3cccc(O)c3)C2C1=O. The summed E-state index contributed by atoms with van der Waals surface area (Å²) in [4.78, 5) is 63.0. The summed E-state index contributed by atoms with van der Waals surface area (Å²) < 4.78 is 4.63. The lowest BCUT2D eigenvalue weighted by Gasteiger charge is -2.50. The van der Waals surface area contributed by atoms with E-state index in [0.29, 0.717) is 16.0 Å². The number of methoxy groups -OCH3 is 1. The summed E-state index contributed by atoms with van der Waals surface area (Å²) in [6.45, 7) is 0. The molecule has 184 valence electrons. The van der Waals surface area contributed by atoms with Crippen molar-refractivity contribution in [3.63, 3.8) is 0 Å². The molecule has 6 unspecified atom stereocenters. The molecule has 2 aliphatic heterocycles. The number of likely N-dealkylation sites (tertiary alicyclic amines) is 2. The molecule has 0 bridgehead atoms. The molecule has 3 fully saturated rings. The largest absolute Gasteiger partial charge is 0.508 e. The van der Waals surface area contributed by atoms with Crippen molar-refractivity contribution in [2.24, 2.45) is 17.8 Å². The van der Waals surface area contributed by atoms with Crippen LogP contribution in [-0.4, -0.2) is 66.9 Å². The molecule has 2 aliphatic carbocycles. The number of alkyl halides is 3. The summed E-state index contributed by atoms with van der Waals surface area (Å²) >= 11 is 17.2. The van der Waals surface area contributed by atoms with Crippen LogP contribution < -0.4 is 0 Å². The van der Waals surface area contributed by atoms with Crippen LogP contribution in [0.5, 0.6) is 5.75 Å². The van der Waals surface area contributed by atoms with E-state index in [1.54, 1.807) is 18.2 Å². The molecule has 0 spiro atoms. The van der Waals surface area contributed by atoms with Crippen LogP contribution >= 0.6 is 39.1 Å². The first-order chi connectivity index (χ1) is 16.5. The highest BCUT2D eigenvalue weighted by Gasteiger charge is 2.76. The Kier molecular flexibility index (Phi) is 5.58. The van der Waals surface area contributed by atoms with Gasteiger partial charge in [0.25, 0.3) is 11.8 Å². The van der Waals surface area contributed by atoms with Crippen LogP contribution in [0.3, 0.4) is 0 Å². The van der Waals surface area contributed by atoms with Gasteiger partial charge >= 0.3 is 6.09 Å². The molecular formula is C23H19BrCl2N2O7. The molecule has 0 aromatic heterocycles. The first kappa shape index (κ1) is 24.3. The van der Waals surface area contributed by atoms with Crippen LogP contribution in [0.4, 0.5) is 4.79 Å². The fourth-order valence-corrected chi connectivity index (χ4v) is 7.53. The minimum atomic E-state index is -1.95. The second-order valence-corrected chi connectivity index (χ2v) is 10.8. The predicted molar refractivity (Wildman–Crippen MR) is 126 cm³/mol. The van der Waals surface area contributed by atoms with Gasteiger partial charge in [0.05, 0.1) is 24.4 Å². The van der Waals surface area contributed by atoms with Gasteiger partial charge in [-0.25, -0.2) is 4.79 Å². The Bertz CT molecular complexity index is 1240. The van der Waals surface area contributed by atoms with Gasteiger partial charge in [-0.3, -0.25) is 24.1 Å². The maximum Gasteiger partial charge on any atom is 0.423 e. The number of allylic oxidation sites excluding steroid dienone is 2. The zero-order valence-electron chi connectivity index (χ0n) is 18.2. The molecule has 9 nitrogen and oxygen atoms in total. The van der Waals surface area contributed by atoms with Crippen LogP contribution in [0.25, 0.3) is 0 Å². The Labute approximate surface area is 218 Å². The second-order valence-electron chi connectivity index (χ2n) is 9.06. The monoisotopic (exact) mass is 584 g/mol. The smallest absolute Gasteiger partial charge is 0.423 e. The van der Waals surface area contributed by atoms with Gasteiger partial charge in [0.2, 0.25) is 11.8 Å². The van der Waals surface area contributed by atoms with Crippen LogP contribution in [0.1, 0.15) is 24.3 Å². The third kappa shape index (κ3) is 2.96.